The Morgan fingerprint density at radius 1 is 0.903 bits per heavy atom. The molecule has 0 radical (unpaired) electrons. The number of unbranched alkanes of at least 4 members (excludes halogenated alkanes) is 1. The molecule has 3 atom stereocenters. The summed E-state index contributed by atoms with van der Waals surface area (Å²) in [6.07, 6.45) is 8.95. The molecule has 18 heteroatoms. The number of thiazole rings is 2. The lowest BCUT2D eigenvalue weighted by Crippen LogP contribution is -2.58. The van der Waals surface area contributed by atoms with Crippen LogP contribution in [0.4, 0.5) is 0 Å². The molecule has 2 aromatic carbocycles. The molecule has 1 saturated heterocycles. The Balaban J connectivity index is 0.000000280. The van der Waals surface area contributed by atoms with E-state index in [4.69, 9.17) is 16.2 Å². The first-order valence-corrected chi connectivity index (χ1v) is 27.2. The second-order valence-electron chi connectivity index (χ2n) is 19.6. The second kappa shape index (κ2) is 30.5. The molecule has 394 valence electrons. The smallest absolute Gasteiger partial charge is 0.310 e. The highest BCUT2D eigenvalue weighted by molar-refractivity contribution is 7.07. The zero-order valence-electron chi connectivity index (χ0n) is 43.5. The number of H-pyrrole nitrogens is 1. The van der Waals surface area contributed by atoms with Crippen molar-refractivity contribution >= 4 is 63.2 Å². The third kappa shape index (κ3) is 21.3. The lowest BCUT2D eigenvalue weighted by Gasteiger charge is -2.34. The molecule has 6 rings (SSSR count). The number of nitrogens with one attached hydrogen (secondary N) is 4. The van der Waals surface area contributed by atoms with Crippen molar-refractivity contribution in [1.29, 1.82) is 0 Å². The summed E-state index contributed by atoms with van der Waals surface area (Å²) in [5.41, 5.74) is 19.6. The van der Waals surface area contributed by atoms with E-state index in [0.29, 0.717) is 71.6 Å². The van der Waals surface area contributed by atoms with Gasteiger partial charge in [-0.2, -0.15) is 0 Å². The number of aromatic amines is 1. The predicted octanol–water partition coefficient (Wildman–Crippen LogP) is 6.72. The Labute approximate surface area is 434 Å². The van der Waals surface area contributed by atoms with E-state index in [0.717, 1.165) is 66.4 Å². The summed E-state index contributed by atoms with van der Waals surface area (Å²) in [6, 6.07) is 17.1. The number of esters is 1. The largest absolute Gasteiger partial charge is 0.466 e. The molecule has 8 N–H and O–H groups in total. The molecule has 5 aromatic rings. The van der Waals surface area contributed by atoms with Gasteiger partial charge in [-0.05, 0) is 111 Å². The fourth-order valence-electron chi connectivity index (χ4n) is 8.08. The summed E-state index contributed by atoms with van der Waals surface area (Å²) in [5, 5.41) is 14.2. The van der Waals surface area contributed by atoms with Crippen molar-refractivity contribution in [3.05, 3.63) is 105 Å². The summed E-state index contributed by atoms with van der Waals surface area (Å²) in [4.78, 5) is 78.9. The topological polar surface area (TPSA) is 231 Å². The quantitative estimate of drug-likeness (QED) is 0.0281. The van der Waals surface area contributed by atoms with Crippen molar-refractivity contribution in [2.24, 2.45) is 17.4 Å². The van der Waals surface area contributed by atoms with E-state index >= 15 is 0 Å². The lowest BCUT2D eigenvalue weighted by molar-refractivity contribution is -0.152. The van der Waals surface area contributed by atoms with Crippen LogP contribution in [0.25, 0.3) is 10.9 Å². The number of hydrogen-bond acceptors (Lipinski definition) is 13. The molecule has 4 amide bonds. The minimum absolute atomic E-state index is 0.0680. The van der Waals surface area contributed by atoms with Gasteiger partial charge in [0.05, 0.1) is 40.8 Å². The number of piperidine rings is 1. The van der Waals surface area contributed by atoms with Crippen LogP contribution in [0.3, 0.4) is 0 Å². The number of ether oxygens (including phenoxy) is 1. The maximum absolute atomic E-state index is 13.7. The van der Waals surface area contributed by atoms with Gasteiger partial charge in [-0.15, -0.1) is 22.7 Å². The number of benzene rings is 2. The third-order valence-electron chi connectivity index (χ3n) is 12.0. The van der Waals surface area contributed by atoms with E-state index < -0.39 is 23.0 Å². The number of carbonyl (C=O) groups is 5. The van der Waals surface area contributed by atoms with Crippen LogP contribution in [0.2, 0.25) is 0 Å². The van der Waals surface area contributed by atoms with E-state index in [1.165, 1.54) is 5.56 Å². The Bertz CT molecular complexity index is 2360. The van der Waals surface area contributed by atoms with Gasteiger partial charge >= 0.3 is 5.97 Å². The molecule has 1 fully saturated rings. The Kier molecular flexibility index (Phi) is 25.0. The maximum atomic E-state index is 13.7. The standard InChI is InChI=1S/C27H43N5O2S.C23H32N4O4.C4H5NS/c1-4-29-25(33)15-8-9-17-32(18-16-23-19-35-21-31-23)26(34)24(30-20-27(2,3)28)14-10-13-22-11-6-5-7-12-22;1-4-31-21(29)15-8-7-11-27(14-15)20(28)19(26-22(30)23(2,3)24)12-16-13-25-18-10-6-5-9-17(16)18;1-4-2-6-3-5-4/h5-7,11-12,19,21,24,30H,4,8-10,13-18,20,28H2,1-3H3,(H,29,33);5-6,9-10,13,15,19,25H,4,7-8,11-12,14,24H2,1-3H3,(H,26,30);2-3H,1H3/t24-;;/m1../s1. The van der Waals surface area contributed by atoms with Crippen LogP contribution in [0.5, 0.6) is 0 Å². The van der Waals surface area contributed by atoms with Crippen LogP contribution >= 0.6 is 22.7 Å². The van der Waals surface area contributed by atoms with Crippen LogP contribution in [-0.4, -0.2) is 123 Å². The summed E-state index contributed by atoms with van der Waals surface area (Å²) in [5.74, 6) is -1.05. The first kappa shape index (κ1) is 59.0. The van der Waals surface area contributed by atoms with Gasteiger partial charge < -0.3 is 46.9 Å². The fraction of sp³-hybridized carbons (Fsp3) is 0.537. The minimum Gasteiger partial charge on any atom is -0.466 e. The normalized spacial score (nSPS) is 14.5. The number of nitrogens with two attached hydrogens (primary N) is 2. The molecule has 3 aromatic heterocycles. The van der Waals surface area contributed by atoms with Crippen LogP contribution in [0.1, 0.15) is 109 Å². The Hall–Kier alpha value is -5.53. The molecule has 2 unspecified atom stereocenters. The Morgan fingerprint density at radius 3 is 2.26 bits per heavy atom. The Morgan fingerprint density at radius 2 is 1.62 bits per heavy atom. The summed E-state index contributed by atoms with van der Waals surface area (Å²) < 4.78 is 5.15. The van der Waals surface area contributed by atoms with Crippen LogP contribution in [0, 0.1) is 12.8 Å². The van der Waals surface area contributed by atoms with Gasteiger partial charge in [-0.1, -0.05) is 48.5 Å². The zero-order valence-corrected chi connectivity index (χ0v) is 45.2. The van der Waals surface area contributed by atoms with Crippen LogP contribution < -0.4 is 27.4 Å². The fourth-order valence-corrected chi connectivity index (χ4v) is 9.22. The molecule has 0 spiro atoms. The number of carbonyl (C=O) groups excluding carboxylic acids is 5. The number of nitrogens with zero attached hydrogens (tertiary/aromatic N) is 4. The van der Waals surface area contributed by atoms with Crippen molar-refractivity contribution in [1.82, 2.24) is 40.7 Å². The first-order chi connectivity index (χ1) is 34.4. The summed E-state index contributed by atoms with van der Waals surface area (Å²) >= 11 is 3.20. The summed E-state index contributed by atoms with van der Waals surface area (Å²) in [7, 11) is 0. The first-order valence-electron chi connectivity index (χ1n) is 25.3. The van der Waals surface area contributed by atoms with E-state index in [9.17, 15) is 24.0 Å². The molecule has 72 heavy (non-hydrogen) atoms. The highest BCUT2D eigenvalue weighted by atomic mass is 32.1. The van der Waals surface area contributed by atoms with Gasteiger partial charge in [0, 0.05) is 97.6 Å². The number of aromatic nitrogens is 3. The van der Waals surface area contributed by atoms with E-state index in [-0.39, 0.29) is 35.7 Å². The molecule has 0 saturated carbocycles. The van der Waals surface area contributed by atoms with Crippen molar-refractivity contribution in [2.45, 2.75) is 136 Å². The molecule has 1 aliphatic heterocycles. The molecule has 1 aliphatic rings. The average molecular weight is 1030 g/mol. The maximum Gasteiger partial charge on any atom is 0.310 e. The van der Waals surface area contributed by atoms with Crippen molar-refractivity contribution in [2.75, 3.05) is 45.9 Å². The molecular weight excluding hydrogens is 949 g/mol. The van der Waals surface area contributed by atoms with Crippen LogP contribution in [0.15, 0.2) is 82.6 Å². The number of aryl methyl sites for hydroxylation is 2. The zero-order chi connectivity index (χ0) is 52.5. The summed E-state index contributed by atoms with van der Waals surface area (Å²) in [6.45, 7) is 16.4. The van der Waals surface area contributed by atoms with Gasteiger partial charge in [0.1, 0.15) is 6.04 Å². The van der Waals surface area contributed by atoms with Gasteiger partial charge in [0.2, 0.25) is 23.6 Å². The van der Waals surface area contributed by atoms with E-state index in [1.54, 1.807) is 48.3 Å². The van der Waals surface area contributed by atoms with Gasteiger partial charge in [0.15, 0.2) is 0 Å². The molecule has 16 nitrogen and oxygen atoms in total. The molecule has 4 heterocycles. The minimum atomic E-state index is -1.12. The molecular formula is C54H80N10O6S2. The van der Waals surface area contributed by atoms with Crippen molar-refractivity contribution in [3.63, 3.8) is 0 Å². The number of rotatable bonds is 24. The number of hydrogen-bond donors (Lipinski definition) is 6. The van der Waals surface area contributed by atoms with E-state index in [1.807, 2.05) is 103 Å². The molecule has 0 aliphatic carbocycles. The SMILES string of the molecule is CCNC(=O)CCCCN(CCc1cscn1)C(=O)[C@@H](CCCc1ccccc1)NCC(C)(C)N.CCOC(=O)C1CCCN(C(=O)C(Cc2c[nH]c3ccccc23)NC(=O)C(C)(C)N)C1.Cc1cscn1. The van der Waals surface area contributed by atoms with Gasteiger partial charge in [-0.3, -0.25) is 29.0 Å². The van der Waals surface area contributed by atoms with E-state index in [2.05, 4.69) is 43.0 Å². The monoisotopic (exact) mass is 1030 g/mol. The third-order valence-corrected chi connectivity index (χ3v) is 13.3. The number of fused-ring (bicyclic) bond motifs is 1. The number of likely N-dealkylation sites (tertiary alicyclic amines) is 1. The number of amides is 4. The molecule has 0 bridgehead atoms. The number of para-hydroxylation sites is 1. The van der Waals surface area contributed by atoms with Gasteiger partial charge in [0.25, 0.3) is 0 Å². The highest BCUT2D eigenvalue weighted by Crippen LogP contribution is 2.23. The van der Waals surface area contributed by atoms with Crippen LogP contribution in [-0.2, 0) is 48.0 Å². The highest BCUT2D eigenvalue weighted by Gasteiger charge is 2.35. The van der Waals surface area contributed by atoms with Crippen molar-refractivity contribution < 1.29 is 28.7 Å². The second-order valence-corrected chi connectivity index (χ2v) is 21.0. The predicted molar refractivity (Wildman–Crippen MR) is 289 cm³/mol. The lowest BCUT2D eigenvalue weighted by atomic mass is 9.96. The average Bonchev–Trinajstić information content (AvgIpc) is 4.16. The van der Waals surface area contributed by atoms with Gasteiger partial charge in [-0.25, -0.2) is 4.98 Å². The van der Waals surface area contributed by atoms with Crippen molar-refractivity contribution in [3.8, 4) is 0 Å².